The molecule has 4 rings (SSSR count). The van der Waals surface area contributed by atoms with Crippen molar-refractivity contribution in [3.63, 3.8) is 0 Å². The number of aromatic nitrogens is 2. The summed E-state index contributed by atoms with van der Waals surface area (Å²) < 4.78 is 1.98. The van der Waals surface area contributed by atoms with Gasteiger partial charge in [-0.25, -0.2) is 9.98 Å². The van der Waals surface area contributed by atoms with Crippen LogP contribution in [0.4, 0.5) is 0 Å². The minimum Gasteiger partial charge on any atom is -0.353 e. The van der Waals surface area contributed by atoms with Crippen molar-refractivity contribution in [1.82, 2.24) is 19.8 Å². The summed E-state index contributed by atoms with van der Waals surface area (Å²) in [7, 11) is 3.76. The molecule has 1 fully saturated rings. The maximum atomic E-state index is 12.7. The number of aliphatic imine (C=N–C) groups is 1. The number of carbonyl (C=O) groups excluding carboxylic acids is 1. The highest BCUT2D eigenvalue weighted by atomic mass is 16.2. The molecule has 2 aliphatic rings. The number of benzene rings is 1. The standard InChI is InChI=1S/C21H27N5O/c1-25-14-22-17-11-10-15(13-19(17)25)12-18-20(27)26(2)21(24-18)23-16-8-6-4-3-5-7-9-16/h10-14,16H,3-9H2,1-2H3,(H,23,24)/b18-12-. The van der Waals surface area contributed by atoms with Crippen molar-refractivity contribution in [3.05, 3.63) is 35.8 Å². The van der Waals surface area contributed by atoms with Crippen LogP contribution in [0.25, 0.3) is 17.1 Å². The van der Waals surface area contributed by atoms with Gasteiger partial charge in [-0.2, -0.15) is 0 Å². The number of hydrogen-bond acceptors (Lipinski definition) is 4. The predicted octanol–water partition coefficient (Wildman–Crippen LogP) is 3.44. The van der Waals surface area contributed by atoms with Crippen molar-refractivity contribution in [3.8, 4) is 0 Å². The van der Waals surface area contributed by atoms with Crippen LogP contribution in [0, 0.1) is 0 Å². The molecule has 142 valence electrons. The molecule has 1 aliphatic heterocycles. The summed E-state index contributed by atoms with van der Waals surface area (Å²) in [5.41, 5.74) is 3.43. The molecular weight excluding hydrogens is 338 g/mol. The first-order valence-corrected chi connectivity index (χ1v) is 9.88. The van der Waals surface area contributed by atoms with E-state index in [4.69, 9.17) is 0 Å². The van der Waals surface area contributed by atoms with Crippen LogP contribution in [0.2, 0.25) is 0 Å². The van der Waals surface area contributed by atoms with E-state index in [0.717, 1.165) is 29.4 Å². The Kier molecular flexibility index (Phi) is 4.97. The molecule has 2 aromatic rings. The normalized spacial score (nSPS) is 20.8. The highest BCUT2D eigenvalue weighted by Gasteiger charge is 2.28. The summed E-state index contributed by atoms with van der Waals surface area (Å²) in [6, 6.07) is 6.40. The van der Waals surface area contributed by atoms with E-state index in [1.54, 1.807) is 18.3 Å². The van der Waals surface area contributed by atoms with Crippen LogP contribution >= 0.6 is 0 Å². The largest absolute Gasteiger partial charge is 0.353 e. The molecule has 1 aliphatic carbocycles. The zero-order valence-electron chi connectivity index (χ0n) is 16.1. The predicted molar refractivity (Wildman–Crippen MR) is 108 cm³/mol. The zero-order chi connectivity index (χ0) is 18.8. The molecule has 0 radical (unpaired) electrons. The fourth-order valence-electron chi connectivity index (χ4n) is 3.90. The van der Waals surface area contributed by atoms with Crippen LogP contribution in [0.5, 0.6) is 0 Å². The number of imidazole rings is 1. The first-order chi connectivity index (χ1) is 13.1. The summed E-state index contributed by atoms with van der Waals surface area (Å²) in [5, 5.41) is 3.52. The summed E-state index contributed by atoms with van der Waals surface area (Å²) in [4.78, 5) is 23.2. The van der Waals surface area contributed by atoms with Crippen LogP contribution in [0.3, 0.4) is 0 Å². The van der Waals surface area contributed by atoms with Crippen LogP contribution in [-0.4, -0.2) is 39.4 Å². The summed E-state index contributed by atoms with van der Waals surface area (Å²) in [6.45, 7) is 0. The average Bonchev–Trinajstić information content (AvgIpc) is 3.13. The van der Waals surface area contributed by atoms with Gasteiger partial charge < -0.3 is 9.88 Å². The number of amides is 1. The Morgan fingerprint density at radius 2 is 1.85 bits per heavy atom. The van der Waals surface area contributed by atoms with Gasteiger partial charge in [-0.05, 0) is 36.6 Å². The number of rotatable bonds is 2. The van der Waals surface area contributed by atoms with Crippen molar-refractivity contribution < 1.29 is 4.79 Å². The van der Waals surface area contributed by atoms with Gasteiger partial charge >= 0.3 is 0 Å². The van der Waals surface area contributed by atoms with E-state index in [2.05, 4.69) is 15.3 Å². The number of guanidine groups is 1. The quantitative estimate of drug-likeness (QED) is 0.829. The average molecular weight is 365 g/mol. The fraction of sp³-hybridized carbons (Fsp3) is 0.476. The maximum absolute atomic E-state index is 12.7. The van der Waals surface area contributed by atoms with Gasteiger partial charge in [-0.1, -0.05) is 38.2 Å². The van der Waals surface area contributed by atoms with Crippen molar-refractivity contribution in [2.75, 3.05) is 7.05 Å². The van der Waals surface area contributed by atoms with Gasteiger partial charge in [-0.15, -0.1) is 0 Å². The molecular formula is C21H27N5O. The second-order valence-corrected chi connectivity index (χ2v) is 7.62. The van der Waals surface area contributed by atoms with E-state index >= 15 is 0 Å². The van der Waals surface area contributed by atoms with Crippen LogP contribution in [0.1, 0.15) is 50.5 Å². The van der Waals surface area contributed by atoms with E-state index in [1.807, 2.05) is 35.9 Å². The molecule has 1 amide bonds. The monoisotopic (exact) mass is 365 g/mol. The second-order valence-electron chi connectivity index (χ2n) is 7.62. The SMILES string of the molecule is CN1C(=O)/C(=C/c2ccc3ncn(C)c3c2)N=C1NC1CCCCCCC1. The van der Waals surface area contributed by atoms with Gasteiger partial charge in [0.2, 0.25) is 5.96 Å². The smallest absolute Gasteiger partial charge is 0.279 e. The Labute approximate surface area is 160 Å². The van der Waals surface area contributed by atoms with E-state index in [1.165, 1.54) is 32.1 Å². The van der Waals surface area contributed by atoms with Gasteiger partial charge in [0.15, 0.2) is 0 Å². The second kappa shape index (κ2) is 7.55. The number of fused-ring (bicyclic) bond motifs is 1. The Morgan fingerprint density at radius 3 is 2.63 bits per heavy atom. The lowest BCUT2D eigenvalue weighted by Crippen LogP contribution is -2.43. The molecule has 0 unspecified atom stereocenters. The number of likely N-dealkylation sites (N-methyl/N-ethyl adjacent to an activating group) is 1. The van der Waals surface area contributed by atoms with Crippen LogP contribution in [0.15, 0.2) is 35.2 Å². The number of nitrogens with one attached hydrogen (secondary N) is 1. The number of aryl methyl sites for hydroxylation is 1. The molecule has 1 aromatic carbocycles. The minimum absolute atomic E-state index is 0.0616. The van der Waals surface area contributed by atoms with E-state index in [0.29, 0.717) is 17.7 Å². The molecule has 0 saturated heterocycles. The molecule has 1 N–H and O–H groups in total. The minimum atomic E-state index is -0.0616. The summed E-state index contributed by atoms with van der Waals surface area (Å²) >= 11 is 0. The Morgan fingerprint density at radius 1 is 1.11 bits per heavy atom. The fourth-order valence-corrected chi connectivity index (χ4v) is 3.90. The van der Waals surface area contributed by atoms with Crippen molar-refractivity contribution in [2.24, 2.45) is 12.0 Å². The molecule has 0 spiro atoms. The lowest BCUT2D eigenvalue weighted by Gasteiger charge is -2.23. The summed E-state index contributed by atoms with van der Waals surface area (Å²) in [5.74, 6) is 0.617. The van der Waals surface area contributed by atoms with Gasteiger partial charge in [0.25, 0.3) is 5.91 Å². The van der Waals surface area contributed by atoms with E-state index in [9.17, 15) is 4.79 Å². The molecule has 1 aromatic heterocycles. The lowest BCUT2D eigenvalue weighted by atomic mass is 9.97. The topological polar surface area (TPSA) is 62.5 Å². The highest BCUT2D eigenvalue weighted by Crippen LogP contribution is 2.22. The van der Waals surface area contributed by atoms with Crippen LogP contribution < -0.4 is 5.32 Å². The van der Waals surface area contributed by atoms with Crippen molar-refractivity contribution in [2.45, 2.75) is 51.0 Å². The molecule has 0 bridgehead atoms. The third-order valence-corrected chi connectivity index (χ3v) is 5.56. The van der Waals surface area contributed by atoms with Gasteiger partial charge in [0.05, 0.1) is 17.4 Å². The van der Waals surface area contributed by atoms with Crippen molar-refractivity contribution in [1.29, 1.82) is 0 Å². The number of carbonyl (C=O) groups is 1. The van der Waals surface area contributed by atoms with Crippen molar-refractivity contribution >= 4 is 29.0 Å². The number of nitrogens with zero attached hydrogens (tertiary/aromatic N) is 4. The third kappa shape index (κ3) is 3.75. The highest BCUT2D eigenvalue weighted by molar-refractivity contribution is 6.13. The van der Waals surface area contributed by atoms with Gasteiger partial charge in [0, 0.05) is 20.1 Å². The Balaban J connectivity index is 1.55. The van der Waals surface area contributed by atoms with Gasteiger partial charge in [0.1, 0.15) is 5.70 Å². The lowest BCUT2D eigenvalue weighted by molar-refractivity contribution is -0.121. The number of hydrogen-bond donors (Lipinski definition) is 1. The molecule has 6 heteroatoms. The molecule has 1 saturated carbocycles. The Hall–Kier alpha value is -2.63. The Bertz CT molecular complexity index is 902. The van der Waals surface area contributed by atoms with Crippen LogP contribution in [-0.2, 0) is 11.8 Å². The molecule has 6 nitrogen and oxygen atoms in total. The molecule has 2 heterocycles. The van der Waals surface area contributed by atoms with E-state index in [-0.39, 0.29) is 5.91 Å². The maximum Gasteiger partial charge on any atom is 0.279 e. The first kappa shape index (κ1) is 17.8. The summed E-state index contributed by atoms with van der Waals surface area (Å²) in [6.07, 6.45) is 12.4. The van der Waals surface area contributed by atoms with E-state index < -0.39 is 0 Å². The van der Waals surface area contributed by atoms with Gasteiger partial charge in [-0.3, -0.25) is 9.69 Å². The molecule has 0 atom stereocenters. The third-order valence-electron chi connectivity index (χ3n) is 5.56. The zero-order valence-corrected chi connectivity index (χ0v) is 16.1. The first-order valence-electron chi connectivity index (χ1n) is 9.88. The molecule has 27 heavy (non-hydrogen) atoms.